The van der Waals surface area contributed by atoms with E-state index < -0.39 is 0 Å². The maximum Gasteiger partial charge on any atom is 0.174 e. The summed E-state index contributed by atoms with van der Waals surface area (Å²) in [6, 6.07) is 38.8. The van der Waals surface area contributed by atoms with Gasteiger partial charge in [-0.3, -0.25) is 0 Å². The first kappa shape index (κ1) is 20.3. The fraction of sp³-hybridized carbons (Fsp3) is 0.143. The molecule has 150 valence electrons. The Kier molecular flexibility index (Phi) is 5.96. The summed E-state index contributed by atoms with van der Waals surface area (Å²) in [7, 11) is -0.179. The smallest absolute Gasteiger partial charge is 0.174 e. The SMILES string of the molecule is CC(C)(C)Oc1ccc(-c2ccccc2[S+](c2ccccc2)c2ccccc2)cc1. The Morgan fingerprint density at radius 1 is 0.567 bits per heavy atom. The summed E-state index contributed by atoms with van der Waals surface area (Å²) in [6.07, 6.45) is 0. The molecule has 0 amide bonds. The molecule has 0 bridgehead atoms. The molecule has 0 saturated carbocycles. The number of ether oxygens (including phenoxy) is 1. The van der Waals surface area contributed by atoms with Gasteiger partial charge in [0.05, 0.1) is 10.9 Å². The Morgan fingerprint density at radius 2 is 1.07 bits per heavy atom. The van der Waals surface area contributed by atoms with Crippen LogP contribution in [0.4, 0.5) is 0 Å². The van der Waals surface area contributed by atoms with Crippen LogP contribution in [0.15, 0.2) is 124 Å². The maximum atomic E-state index is 6.01. The van der Waals surface area contributed by atoms with Gasteiger partial charge in [0.25, 0.3) is 0 Å². The first-order valence-electron chi connectivity index (χ1n) is 10.2. The molecule has 0 aliphatic heterocycles. The zero-order valence-corrected chi connectivity index (χ0v) is 18.5. The highest BCUT2D eigenvalue weighted by Gasteiger charge is 2.31. The van der Waals surface area contributed by atoms with Crippen LogP contribution in [0.3, 0.4) is 0 Å². The largest absolute Gasteiger partial charge is 0.488 e. The van der Waals surface area contributed by atoms with Crippen molar-refractivity contribution in [2.75, 3.05) is 0 Å². The first-order chi connectivity index (χ1) is 14.5. The van der Waals surface area contributed by atoms with Crippen molar-refractivity contribution in [1.29, 1.82) is 0 Å². The van der Waals surface area contributed by atoms with E-state index in [-0.39, 0.29) is 16.5 Å². The average molecular weight is 412 g/mol. The second-order valence-corrected chi connectivity index (χ2v) is 10.2. The molecule has 0 spiro atoms. The molecule has 0 saturated heterocycles. The lowest BCUT2D eigenvalue weighted by atomic mass is 10.1. The lowest BCUT2D eigenvalue weighted by molar-refractivity contribution is 0.131. The van der Waals surface area contributed by atoms with E-state index in [2.05, 4.69) is 130 Å². The zero-order valence-electron chi connectivity index (χ0n) is 17.7. The lowest BCUT2D eigenvalue weighted by Gasteiger charge is -2.21. The highest BCUT2D eigenvalue weighted by Crippen LogP contribution is 2.37. The van der Waals surface area contributed by atoms with E-state index in [1.165, 1.54) is 25.8 Å². The molecule has 2 heteroatoms. The highest BCUT2D eigenvalue weighted by molar-refractivity contribution is 7.97. The third-order valence-corrected chi connectivity index (χ3v) is 6.94. The van der Waals surface area contributed by atoms with Gasteiger partial charge < -0.3 is 4.74 Å². The summed E-state index contributed by atoms with van der Waals surface area (Å²) >= 11 is 0. The Labute approximate surface area is 182 Å². The zero-order chi connectivity index (χ0) is 21.0. The Bertz CT molecular complexity index is 1040. The molecule has 30 heavy (non-hydrogen) atoms. The topological polar surface area (TPSA) is 9.23 Å². The van der Waals surface area contributed by atoms with E-state index in [0.29, 0.717) is 0 Å². The van der Waals surface area contributed by atoms with Gasteiger partial charge in [-0.25, -0.2) is 0 Å². The average Bonchev–Trinajstić information content (AvgIpc) is 2.75. The van der Waals surface area contributed by atoms with Crippen molar-refractivity contribution in [3.8, 4) is 16.9 Å². The number of hydrogen-bond acceptors (Lipinski definition) is 1. The lowest BCUT2D eigenvalue weighted by Crippen LogP contribution is -2.22. The van der Waals surface area contributed by atoms with Crippen LogP contribution in [0.25, 0.3) is 11.1 Å². The van der Waals surface area contributed by atoms with E-state index in [9.17, 15) is 0 Å². The van der Waals surface area contributed by atoms with Gasteiger partial charge in [-0.15, -0.1) is 0 Å². The van der Waals surface area contributed by atoms with Crippen molar-refractivity contribution >= 4 is 10.9 Å². The molecule has 0 aromatic heterocycles. The van der Waals surface area contributed by atoms with Crippen LogP contribution in [-0.4, -0.2) is 5.60 Å². The molecule has 0 N–H and O–H groups in total. The second kappa shape index (κ2) is 8.81. The third-order valence-electron chi connectivity index (χ3n) is 4.65. The van der Waals surface area contributed by atoms with Crippen molar-refractivity contribution in [3.05, 3.63) is 109 Å². The Morgan fingerprint density at radius 3 is 1.60 bits per heavy atom. The van der Waals surface area contributed by atoms with Gasteiger partial charge in [0.1, 0.15) is 11.4 Å². The molecule has 0 fully saturated rings. The minimum atomic E-state index is -0.202. The van der Waals surface area contributed by atoms with Gasteiger partial charge in [0, 0.05) is 5.56 Å². The van der Waals surface area contributed by atoms with Crippen LogP contribution >= 0.6 is 0 Å². The third kappa shape index (κ3) is 4.77. The van der Waals surface area contributed by atoms with Gasteiger partial charge in [-0.1, -0.05) is 60.7 Å². The van der Waals surface area contributed by atoms with Crippen LogP contribution in [0, 0.1) is 0 Å². The van der Waals surface area contributed by atoms with Crippen molar-refractivity contribution in [2.45, 2.75) is 41.1 Å². The summed E-state index contributed by atoms with van der Waals surface area (Å²) in [4.78, 5) is 3.98. The van der Waals surface area contributed by atoms with Gasteiger partial charge in [0.15, 0.2) is 14.7 Å². The summed E-state index contributed by atoms with van der Waals surface area (Å²) in [6.45, 7) is 6.21. The molecule has 4 aromatic rings. The van der Waals surface area contributed by atoms with Gasteiger partial charge in [0.2, 0.25) is 0 Å². The maximum absolute atomic E-state index is 6.01. The fourth-order valence-corrected chi connectivity index (χ4v) is 5.70. The highest BCUT2D eigenvalue weighted by atomic mass is 32.2. The number of benzene rings is 4. The van der Waals surface area contributed by atoms with Gasteiger partial charge in [-0.05, 0) is 74.9 Å². The summed E-state index contributed by atoms with van der Waals surface area (Å²) in [5, 5.41) is 0. The van der Waals surface area contributed by atoms with Crippen molar-refractivity contribution < 1.29 is 4.74 Å². The molecular weight excluding hydrogens is 384 g/mol. The molecule has 0 heterocycles. The predicted molar refractivity (Wildman–Crippen MR) is 127 cm³/mol. The van der Waals surface area contributed by atoms with Crippen LogP contribution < -0.4 is 4.74 Å². The van der Waals surface area contributed by atoms with E-state index in [4.69, 9.17) is 4.74 Å². The molecular formula is C28H27OS+. The molecule has 0 radical (unpaired) electrons. The number of rotatable bonds is 5. The molecule has 4 aromatic carbocycles. The minimum Gasteiger partial charge on any atom is -0.488 e. The predicted octanol–water partition coefficient (Wildman–Crippen LogP) is 7.63. The second-order valence-electron chi connectivity index (χ2n) is 8.17. The van der Waals surface area contributed by atoms with E-state index in [1.807, 2.05) is 0 Å². The molecule has 0 aliphatic rings. The van der Waals surface area contributed by atoms with E-state index in [1.54, 1.807) is 0 Å². The Hall–Kier alpha value is -2.97. The summed E-state index contributed by atoms with van der Waals surface area (Å²) in [5.74, 6) is 0.897. The van der Waals surface area contributed by atoms with Crippen LogP contribution in [0.2, 0.25) is 0 Å². The quantitative estimate of drug-likeness (QED) is 0.307. The first-order valence-corrected chi connectivity index (χ1v) is 11.5. The van der Waals surface area contributed by atoms with E-state index >= 15 is 0 Å². The minimum absolute atomic E-state index is 0.179. The standard InChI is InChI=1S/C28H27OS/c1-28(2,3)29-23-20-18-22(19-21-23)26-16-10-11-17-27(26)30(24-12-6-4-7-13-24)25-14-8-5-9-15-25/h4-21H,1-3H3/q+1. The van der Waals surface area contributed by atoms with Crippen molar-refractivity contribution in [2.24, 2.45) is 0 Å². The fourth-order valence-electron chi connectivity index (χ4n) is 3.44. The molecule has 1 nitrogen and oxygen atoms in total. The van der Waals surface area contributed by atoms with Crippen molar-refractivity contribution in [3.63, 3.8) is 0 Å². The van der Waals surface area contributed by atoms with E-state index in [0.717, 1.165) is 5.75 Å². The summed E-state index contributed by atoms with van der Waals surface area (Å²) in [5.41, 5.74) is 2.26. The van der Waals surface area contributed by atoms with Crippen molar-refractivity contribution in [1.82, 2.24) is 0 Å². The van der Waals surface area contributed by atoms with Gasteiger partial charge >= 0.3 is 0 Å². The molecule has 0 atom stereocenters. The Balaban J connectivity index is 1.79. The normalized spacial score (nSPS) is 11.5. The van der Waals surface area contributed by atoms with Crippen LogP contribution in [0.5, 0.6) is 5.75 Å². The summed E-state index contributed by atoms with van der Waals surface area (Å²) < 4.78 is 6.01. The molecule has 0 unspecified atom stereocenters. The molecule has 0 aliphatic carbocycles. The van der Waals surface area contributed by atoms with Crippen LogP contribution in [0.1, 0.15) is 20.8 Å². The molecule has 4 rings (SSSR count). The monoisotopic (exact) mass is 411 g/mol. The van der Waals surface area contributed by atoms with Gasteiger partial charge in [-0.2, -0.15) is 0 Å². The van der Waals surface area contributed by atoms with Crippen LogP contribution in [-0.2, 0) is 10.9 Å². The number of hydrogen-bond donors (Lipinski definition) is 0.